The summed E-state index contributed by atoms with van der Waals surface area (Å²) >= 11 is 0. The Bertz CT molecular complexity index is 502. The number of rotatable bonds is 1. The highest BCUT2D eigenvalue weighted by atomic mass is 16.7. The van der Waals surface area contributed by atoms with Crippen LogP contribution in [-0.2, 0) is 17.6 Å². The van der Waals surface area contributed by atoms with Crippen LogP contribution in [0.15, 0.2) is 12.1 Å². The molecule has 0 saturated carbocycles. The average Bonchev–Trinajstić information content (AvgIpc) is 2.93. The van der Waals surface area contributed by atoms with Gasteiger partial charge in [0, 0.05) is 24.6 Å². The molecule has 2 atom stereocenters. The molecule has 4 rings (SSSR count). The molecule has 0 spiro atoms. The Morgan fingerprint density at radius 2 is 2.21 bits per heavy atom. The fraction of sp³-hybridized carbons (Fsp3) is 0.600. The molecule has 0 N–H and O–H groups in total. The topological polar surface area (TPSA) is 30.9 Å². The molecule has 0 radical (unpaired) electrons. The van der Waals surface area contributed by atoms with Gasteiger partial charge in [0.25, 0.3) is 0 Å². The molecular weight excluding hydrogens is 242 g/mol. The maximum atomic E-state index is 5.99. The van der Waals surface area contributed by atoms with Gasteiger partial charge in [-0.2, -0.15) is 0 Å². The third-order valence-corrected chi connectivity index (χ3v) is 4.59. The molecule has 2 aliphatic heterocycles. The summed E-state index contributed by atoms with van der Waals surface area (Å²) < 4.78 is 17.1. The lowest BCUT2D eigenvalue weighted by atomic mass is 9.84. The number of hydrogen-bond donors (Lipinski definition) is 0. The van der Waals surface area contributed by atoms with Crippen LogP contribution < -0.4 is 9.47 Å². The molecule has 2 heterocycles. The van der Waals surface area contributed by atoms with Crippen LogP contribution in [0.3, 0.4) is 0 Å². The number of fused-ring (bicyclic) bond motifs is 4. The predicted molar refractivity (Wildman–Crippen MR) is 70.7 cm³/mol. The van der Waals surface area contributed by atoms with Crippen LogP contribution >= 0.6 is 0 Å². The summed E-state index contributed by atoms with van der Waals surface area (Å²) in [7, 11) is 0. The first-order valence-corrected chi connectivity index (χ1v) is 7.13. The minimum atomic E-state index is 0.303. The zero-order chi connectivity index (χ0) is 12.8. The minimum Gasteiger partial charge on any atom is -0.454 e. The lowest BCUT2D eigenvalue weighted by molar-refractivity contribution is -0.0724. The second-order valence-electron chi connectivity index (χ2n) is 5.45. The highest BCUT2D eigenvalue weighted by Crippen LogP contribution is 2.42. The van der Waals surface area contributed by atoms with Crippen LogP contribution in [0.4, 0.5) is 0 Å². The van der Waals surface area contributed by atoms with E-state index in [2.05, 4.69) is 17.9 Å². The van der Waals surface area contributed by atoms with Crippen molar-refractivity contribution >= 4 is 0 Å². The van der Waals surface area contributed by atoms with Gasteiger partial charge < -0.3 is 14.2 Å². The fourth-order valence-electron chi connectivity index (χ4n) is 3.59. The van der Waals surface area contributed by atoms with Crippen molar-refractivity contribution in [2.75, 3.05) is 26.5 Å². The summed E-state index contributed by atoms with van der Waals surface area (Å²) in [5, 5.41) is 0. The molecule has 19 heavy (non-hydrogen) atoms. The standard InChI is InChI=1S/C15H19NO3/c1-2-16-5-6-17-14-8-11-10(7-12(14)16)3-4-13-15(11)19-9-18-13/h3-4,12,14H,2,5-9H2,1H3/t12-,14-/m1/s1. The largest absolute Gasteiger partial charge is 0.454 e. The maximum Gasteiger partial charge on any atom is 0.231 e. The molecule has 102 valence electrons. The SMILES string of the molecule is CCN1CCO[C@@H]2Cc3c(ccc4c3OCO4)C[C@H]21. The Kier molecular flexibility index (Phi) is 2.67. The normalized spacial score (nSPS) is 28.9. The summed E-state index contributed by atoms with van der Waals surface area (Å²) in [6.07, 6.45) is 2.31. The smallest absolute Gasteiger partial charge is 0.231 e. The van der Waals surface area contributed by atoms with E-state index in [9.17, 15) is 0 Å². The summed E-state index contributed by atoms with van der Waals surface area (Å²) in [6.45, 7) is 5.58. The van der Waals surface area contributed by atoms with Crippen molar-refractivity contribution < 1.29 is 14.2 Å². The Hall–Kier alpha value is -1.26. The van der Waals surface area contributed by atoms with Crippen molar-refractivity contribution in [3.63, 3.8) is 0 Å². The monoisotopic (exact) mass is 261 g/mol. The van der Waals surface area contributed by atoms with Crippen LogP contribution in [0, 0.1) is 0 Å². The van der Waals surface area contributed by atoms with E-state index in [1.807, 2.05) is 6.07 Å². The van der Waals surface area contributed by atoms with Crippen LogP contribution in [-0.4, -0.2) is 43.5 Å². The summed E-state index contributed by atoms with van der Waals surface area (Å²) in [4.78, 5) is 2.54. The van der Waals surface area contributed by atoms with Crippen molar-refractivity contribution in [1.29, 1.82) is 0 Å². The third kappa shape index (κ3) is 1.74. The van der Waals surface area contributed by atoms with Crippen molar-refractivity contribution in [2.24, 2.45) is 0 Å². The zero-order valence-corrected chi connectivity index (χ0v) is 11.2. The number of nitrogens with zero attached hydrogens (tertiary/aromatic N) is 1. The highest BCUT2D eigenvalue weighted by molar-refractivity contribution is 5.53. The van der Waals surface area contributed by atoms with Gasteiger partial charge in [0.1, 0.15) is 0 Å². The zero-order valence-electron chi connectivity index (χ0n) is 11.2. The van der Waals surface area contributed by atoms with Gasteiger partial charge in [-0.25, -0.2) is 0 Å². The van der Waals surface area contributed by atoms with Crippen molar-refractivity contribution in [3.8, 4) is 11.5 Å². The highest BCUT2D eigenvalue weighted by Gasteiger charge is 2.38. The van der Waals surface area contributed by atoms with Gasteiger partial charge in [-0.15, -0.1) is 0 Å². The minimum absolute atomic E-state index is 0.303. The molecule has 0 unspecified atom stereocenters. The van der Waals surface area contributed by atoms with E-state index in [1.165, 1.54) is 11.1 Å². The molecule has 0 aromatic heterocycles. The molecular formula is C15H19NO3. The molecule has 4 heteroatoms. The lowest BCUT2D eigenvalue weighted by Gasteiger charge is -2.44. The molecule has 0 amide bonds. The third-order valence-electron chi connectivity index (χ3n) is 4.59. The second kappa shape index (κ2) is 4.39. The maximum absolute atomic E-state index is 5.99. The van der Waals surface area contributed by atoms with E-state index in [1.54, 1.807) is 0 Å². The summed E-state index contributed by atoms with van der Waals surface area (Å²) in [6, 6.07) is 4.76. The predicted octanol–water partition coefficient (Wildman–Crippen LogP) is 1.60. The van der Waals surface area contributed by atoms with Crippen LogP contribution in [0.2, 0.25) is 0 Å². The van der Waals surface area contributed by atoms with E-state index < -0.39 is 0 Å². The summed E-state index contributed by atoms with van der Waals surface area (Å²) in [5.74, 6) is 1.84. The van der Waals surface area contributed by atoms with E-state index in [4.69, 9.17) is 14.2 Å². The lowest BCUT2D eigenvalue weighted by Crippen LogP contribution is -2.54. The first-order valence-electron chi connectivity index (χ1n) is 7.13. The molecule has 1 aromatic carbocycles. The number of ether oxygens (including phenoxy) is 3. The van der Waals surface area contributed by atoms with Crippen molar-refractivity contribution in [2.45, 2.75) is 31.9 Å². The van der Waals surface area contributed by atoms with Crippen LogP contribution in [0.5, 0.6) is 11.5 Å². The van der Waals surface area contributed by atoms with Crippen LogP contribution in [0.1, 0.15) is 18.1 Å². The first kappa shape index (κ1) is 11.6. The van der Waals surface area contributed by atoms with E-state index in [0.717, 1.165) is 44.0 Å². The van der Waals surface area contributed by atoms with Gasteiger partial charge in [0.2, 0.25) is 6.79 Å². The molecule has 1 aromatic rings. The van der Waals surface area contributed by atoms with Gasteiger partial charge >= 0.3 is 0 Å². The van der Waals surface area contributed by atoms with Gasteiger partial charge in [-0.05, 0) is 24.6 Å². The molecule has 3 aliphatic rings. The quantitative estimate of drug-likeness (QED) is 0.768. The number of morpholine rings is 1. The van der Waals surface area contributed by atoms with Gasteiger partial charge in [-0.1, -0.05) is 13.0 Å². The van der Waals surface area contributed by atoms with E-state index in [0.29, 0.717) is 18.9 Å². The number of hydrogen-bond acceptors (Lipinski definition) is 4. The van der Waals surface area contributed by atoms with Crippen molar-refractivity contribution in [3.05, 3.63) is 23.3 Å². The average molecular weight is 261 g/mol. The molecule has 4 nitrogen and oxygen atoms in total. The molecule has 1 fully saturated rings. The Balaban J connectivity index is 1.71. The Labute approximate surface area is 113 Å². The van der Waals surface area contributed by atoms with Gasteiger partial charge in [0.05, 0.1) is 12.7 Å². The van der Waals surface area contributed by atoms with Crippen molar-refractivity contribution in [1.82, 2.24) is 4.90 Å². The first-order chi connectivity index (χ1) is 9.36. The Morgan fingerprint density at radius 3 is 3.11 bits per heavy atom. The fourth-order valence-corrected chi connectivity index (χ4v) is 3.59. The van der Waals surface area contributed by atoms with Gasteiger partial charge in [0.15, 0.2) is 11.5 Å². The number of likely N-dealkylation sites (N-methyl/N-ethyl adjacent to an activating group) is 1. The molecule has 1 saturated heterocycles. The molecule has 1 aliphatic carbocycles. The summed E-state index contributed by atoms with van der Waals surface area (Å²) in [5.41, 5.74) is 2.70. The van der Waals surface area contributed by atoms with E-state index >= 15 is 0 Å². The van der Waals surface area contributed by atoms with E-state index in [-0.39, 0.29) is 0 Å². The molecule has 0 bridgehead atoms. The van der Waals surface area contributed by atoms with Gasteiger partial charge in [-0.3, -0.25) is 4.90 Å². The second-order valence-corrected chi connectivity index (χ2v) is 5.45. The van der Waals surface area contributed by atoms with Crippen LogP contribution in [0.25, 0.3) is 0 Å². The number of benzene rings is 1. The Morgan fingerprint density at radius 1 is 1.26 bits per heavy atom.